The highest BCUT2D eigenvalue weighted by atomic mass is 16.5. The van der Waals surface area contributed by atoms with Gasteiger partial charge >= 0.3 is 5.97 Å². The molecule has 1 aromatic carbocycles. The van der Waals surface area contributed by atoms with E-state index in [9.17, 15) is 4.79 Å². The van der Waals surface area contributed by atoms with Crippen molar-refractivity contribution in [1.29, 1.82) is 0 Å². The maximum atomic E-state index is 11.1. The Morgan fingerprint density at radius 2 is 2.33 bits per heavy atom. The zero-order valence-corrected chi connectivity index (χ0v) is 11.7. The lowest BCUT2D eigenvalue weighted by Crippen LogP contribution is -2.38. The van der Waals surface area contributed by atoms with E-state index in [2.05, 4.69) is 15.5 Å². The van der Waals surface area contributed by atoms with E-state index in [0.717, 1.165) is 24.0 Å². The molecule has 1 atom stereocenters. The van der Waals surface area contributed by atoms with Gasteiger partial charge in [0, 0.05) is 5.56 Å². The number of aromatic nitrogens is 2. The van der Waals surface area contributed by atoms with E-state index in [1.165, 1.54) is 0 Å². The molecule has 6 heteroatoms. The smallest absolute Gasteiger partial charge is 0.320 e. The van der Waals surface area contributed by atoms with E-state index >= 15 is 0 Å². The van der Waals surface area contributed by atoms with Gasteiger partial charge in [-0.15, -0.1) is 0 Å². The Morgan fingerprint density at radius 3 is 3.00 bits per heavy atom. The standard InChI is InChI=1S/C15H17N3O3/c1-9-3-2-4-11(7-9)14-17-12(18-21-14)8-16-13(15(19)20)10-5-6-10/h2-4,7,10,13,16H,5-6,8H2,1H3,(H,19,20). The van der Waals surface area contributed by atoms with Crippen LogP contribution in [-0.4, -0.2) is 27.3 Å². The van der Waals surface area contributed by atoms with E-state index in [0.29, 0.717) is 18.3 Å². The molecule has 6 nitrogen and oxygen atoms in total. The van der Waals surface area contributed by atoms with Gasteiger partial charge in [0.1, 0.15) is 6.04 Å². The normalized spacial score (nSPS) is 15.9. The number of hydrogen-bond donors (Lipinski definition) is 2. The van der Waals surface area contributed by atoms with Crippen molar-refractivity contribution in [2.45, 2.75) is 32.4 Å². The number of nitrogens with one attached hydrogen (secondary N) is 1. The van der Waals surface area contributed by atoms with Crippen LogP contribution >= 0.6 is 0 Å². The molecule has 0 saturated heterocycles. The van der Waals surface area contributed by atoms with Crippen LogP contribution in [0.3, 0.4) is 0 Å². The molecule has 3 rings (SSSR count). The lowest BCUT2D eigenvalue weighted by molar-refractivity contribution is -0.140. The van der Waals surface area contributed by atoms with Gasteiger partial charge in [0.2, 0.25) is 0 Å². The first-order chi connectivity index (χ1) is 10.1. The van der Waals surface area contributed by atoms with Gasteiger partial charge in [-0.1, -0.05) is 22.9 Å². The number of carboxylic acids is 1. The van der Waals surface area contributed by atoms with Gasteiger partial charge in [0.25, 0.3) is 5.89 Å². The number of rotatable bonds is 6. The Kier molecular flexibility index (Phi) is 3.70. The fraction of sp³-hybridized carbons (Fsp3) is 0.400. The van der Waals surface area contributed by atoms with Gasteiger partial charge in [0.05, 0.1) is 6.54 Å². The molecule has 1 heterocycles. The molecule has 21 heavy (non-hydrogen) atoms. The lowest BCUT2D eigenvalue weighted by atomic mass is 10.1. The van der Waals surface area contributed by atoms with Crippen LogP contribution in [0.2, 0.25) is 0 Å². The molecule has 1 fully saturated rings. The number of nitrogens with zero attached hydrogens (tertiary/aromatic N) is 2. The van der Waals surface area contributed by atoms with Crippen molar-refractivity contribution in [3.63, 3.8) is 0 Å². The van der Waals surface area contributed by atoms with E-state index in [1.807, 2.05) is 31.2 Å². The Morgan fingerprint density at radius 1 is 1.52 bits per heavy atom. The van der Waals surface area contributed by atoms with Gasteiger partial charge in [-0.05, 0) is 37.8 Å². The second-order valence-corrected chi connectivity index (χ2v) is 5.42. The number of benzene rings is 1. The summed E-state index contributed by atoms with van der Waals surface area (Å²) in [7, 11) is 0. The first kappa shape index (κ1) is 13.8. The van der Waals surface area contributed by atoms with E-state index in [-0.39, 0.29) is 5.92 Å². The Labute approximate surface area is 122 Å². The van der Waals surface area contributed by atoms with Gasteiger partial charge in [-0.2, -0.15) is 4.98 Å². The van der Waals surface area contributed by atoms with E-state index in [4.69, 9.17) is 9.63 Å². The van der Waals surface area contributed by atoms with Crippen molar-refractivity contribution in [3.8, 4) is 11.5 Å². The lowest BCUT2D eigenvalue weighted by Gasteiger charge is -2.11. The zero-order chi connectivity index (χ0) is 14.8. The predicted molar refractivity (Wildman–Crippen MR) is 75.5 cm³/mol. The predicted octanol–water partition coefficient (Wildman–Crippen LogP) is 2.00. The van der Waals surface area contributed by atoms with Crippen molar-refractivity contribution < 1.29 is 14.4 Å². The zero-order valence-electron chi connectivity index (χ0n) is 11.7. The highest BCUT2D eigenvalue weighted by Gasteiger charge is 2.36. The van der Waals surface area contributed by atoms with Crippen LogP contribution in [0.5, 0.6) is 0 Å². The molecule has 0 amide bonds. The van der Waals surface area contributed by atoms with Crippen LogP contribution in [0, 0.1) is 12.8 Å². The molecule has 0 aliphatic heterocycles. The van der Waals surface area contributed by atoms with Crippen LogP contribution in [0.25, 0.3) is 11.5 Å². The van der Waals surface area contributed by atoms with Gasteiger partial charge in [0.15, 0.2) is 5.82 Å². The van der Waals surface area contributed by atoms with Crippen LogP contribution in [0.15, 0.2) is 28.8 Å². The summed E-state index contributed by atoms with van der Waals surface area (Å²) in [4.78, 5) is 15.4. The molecule has 0 spiro atoms. The third-order valence-corrected chi connectivity index (χ3v) is 3.57. The number of carbonyl (C=O) groups is 1. The highest BCUT2D eigenvalue weighted by molar-refractivity contribution is 5.74. The van der Waals surface area contributed by atoms with Crippen molar-refractivity contribution in [2.75, 3.05) is 0 Å². The summed E-state index contributed by atoms with van der Waals surface area (Å²) in [5.41, 5.74) is 1.98. The second kappa shape index (κ2) is 5.65. The number of carboxylic acid groups (broad SMARTS) is 1. The second-order valence-electron chi connectivity index (χ2n) is 5.42. The minimum atomic E-state index is -0.820. The highest BCUT2D eigenvalue weighted by Crippen LogP contribution is 2.32. The molecule has 0 radical (unpaired) electrons. The third-order valence-electron chi connectivity index (χ3n) is 3.57. The molecule has 1 aliphatic rings. The molecule has 1 saturated carbocycles. The van der Waals surface area contributed by atoms with Crippen molar-refractivity contribution in [3.05, 3.63) is 35.7 Å². The van der Waals surface area contributed by atoms with Gasteiger partial charge in [-0.3, -0.25) is 10.1 Å². The van der Waals surface area contributed by atoms with Gasteiger partial charge < -0.3 is 9.63 Å². The third kappa shape index (κ3) is 3.28. The molecule has 1 unspecified atom stereocenters. The Hall–Kier alpha value is -2.21. The Bertz CT molecular complexity index is 649. The summed E-state index contributed by atoms with van der Waals surface area (Å²) in [6, 6.07) is 7.28. The molecule has 2 aromatic rings. The largest absolute Gasteiger partial charge is 0.480 e. The number of aryl methyl sites for hydroxylation is 1. The van der Waals surface area contributed by atoms with Crippen LogP contribution in [-0.2, 0) is 11.3 Å². The minimum Gasteiger partial charge on any atom is -0.480 e. The molecule has 1 aliphatic carbocycles. The van der Waals surface area contributed by atoms with Gasteiger partial charge in [-0.25, -0.2) is 0 Å². The average Bonchev–Trinajstić information content (AvgIpc) is 3.16. The summed E-state index contributed by atoms with van der Waals surface area (Å²) in [5.74, 6) is 0.331. The Balaban J connectivity index is 1.66. The summed E-state index contributed by atoms with van der Waals surface area (Å²) < 4.78 is 5.23. The number of hydrogen-bond acceptors (Lipinski definition) is 5. The quantitative estimate of drug-likeness (QED) is 0.844. The summed E-state index contributed by atoms with van der Waals surface area (Å²) in [5, 5.41) is 16.0. The first-order valence-electron chi connectivity index (χ1n) is 6.99. The van der Waals surface area contributed by atoms with Crippen LogP contribution in [0.1, 0.15) is 24.2 Å². The first-order valence-corrected chi connectivity index (χ1v) is 6.99. The maximum absolute atomic E-state index is 11.1. The monoisotopic (exact) mass is 287 g/mol. The topological polar surface area (TPSA) is 88.2 Å². The van der Waals surface area contributed by atoms with Crippen molar-refractivity contribution in [1.82, 2.24) is 15.5 Å². The van der Waals surface area contributed by atoms with Crippen LogP contribution < -0.4 is 5.32 Å². The van der Waals surface area contributed by atoms with E-state index < -0.39 is 12.0 Å². The molecular weight excluding hydrogens is 270 g/mol. The molecule has 110 valence electrons. The summed E-state index contributed by atoms with van der Waals surface area (Å²) >= 11 is 0. The number of aliphatic carboxylic acids is 1. The maximum Gasteiger partial charge on any atom is 0.320 e. The molecule has 0 bridgehead atoms. The summed E-state index contributed by atoms with van der Waals surface area (Å²) in [6.07, 6.45) is 1.93. The van der Waals surface area contributed by atoms with Crippen molar-refractivity contribution in [2.24, 2.45) is 5.92 Å². The molecular formula is C15H17N3O3. The van der Waals surface area contributed by atoms with Crippen LogP contribution in [0.4, 0.5) is 0 Å². The molecule has 1 aromatic heterocycles. The fourth-order valence-corrected chi connectivity index (χ4v) is 2.31. The summed E-state index contributed by atoms with van der Waals surface area (Å²) in [6.45, 7) is 2.29. The van der Waals surface area contributed by atoms with E-state index in [1.54, 1.807) is 0 Å². The van der Waals surface area contributed by atoms with Crippen molar-refractivity contribution >= 4 is 5.97 Å². The SMILES string of the molecule is Cc1cccc(-c2nc(CNC(C(=O)O)C3CC3)no2)c1. The average molecular weight is 287 g/mol. The molecule has 2 N–H and O–H groups in total. The minimum absolute atomic E-state index is 0.227. The fourth-order valence-electron chi connectivity index (χ4n) is 2.31.